The summed E-state index contributed by atoms with van der Waals surface area (Å²) < 4.78 is 30.5. The van der Waals surface area contributed by atoms with Gasteiger partial charge >= 0.3 is 0 Å². The van der Waals surface area contributed by atoms with Crippen LogP contribution in [0.1, 0.15) is 22.5 Å². The summed E-state index contributed by atoms with van der Waals surface area (Å²) in [5, 5.41) is 2.57. The van der Waals surface area contributed by atoms with Crippen molar-refractivity contribution in [2.24, 2.45) is 5.92 Å². The Bertz CT molecular complexity index is 462. The molecule has 0 atom stereocenters. The van der Waals surface area contributed by atoms with Crippen LogP contribution in [0.15, 0.2) is 4.34 Å². The third-order valence-electron chi connectivity index (χ3n) is 3.02. The van der Waals surface area contributed by atoms with Gasteiger partial charge in [-0.05, 0) is 19.1 Å². The van der Waals surface area contributed by atoms with Gasteiger partial charge in [-0.3, -0.25) is 4.79 Å². The number of Topliss-reactive ketones (excluding diaryl/α,β-unsaturated/α-hetero) is 1. The highest BCUT2D eigenvalue weighted by Crippen LogP contribution is 2.33. The van der Waals surface area contributed by atoms with E-state index < -0.39 is 13.0 Å². The maximum absolute atomic E-state index is 12.5. The molecule has 0 spiro atoms. The molecule has 1 aliphatic rings. The van der Waals surface area contributed by atoms with Crippen LogP contribution < -0.4 is 5.32 Å². The largest absolute Gasteiger partial charge is 0.381 e. The molecular weight excluding hydrogens is 306 g/mol. The Morgan fingerprint density at radius 3 is 2.85 bits per heavy atom. The van der Waals surface area contributed by atoms with E-state index in [0.29, 0.717) is 35.3 Å². The molecule has 1 saturated heterocycles. The van der Waals surface area contributed by atoms with Gasteiger partial charge in [-0.1, -0.05) is 11.8 Å². The molecule has 0 radical (unpaired) electrons. The Morgan fingerprint density at radius 2 is 2.25 bits per heavy atom. The summed E-state index contributed by atoms with van der Waals surface area (Å²) in [6.07, 6.45) is 0.734. The number of carbonyl (C=O) groups excluding carboxylic acids is 1. The van der Waals surface area contributed by atoms with Crippen molar-refractivity contribution in [3.63, 3.8) is 0 Å². The second-order valence-electron chi connectivity index (χ2n) is 4.38. The Morgan fingerprint density at radius 1 is 1.55 bits per heavy atom. The van der Waals surface area contributed by atoms with Crippen molar-refractivity contribution < 1.29 is 18.3 Å². The summed E-state index contributed by atoms with van der Waals surface area (Å²) in [5.41, 5.74) is 0. The number of carbonyl (C=O) groups is 1. The monoisotopic (exact) mass is 322 g/mol. The Kier molecular flexibility index (Phi) is 5.74. The summed E-state index contributed by atoms with van der Waals surface area (Å²) in [6.45, 7) is 0.653. The Balaban J connectivity index is 2.15. The molecule has 1 aliphatic heterocycles. The molecule has 1 N–H and O–H groups in total. The summed E-state index contributed by atoms with van der Waals surface area (Å²) in [7, 11) is 0. The number of thiazole rings is 1. The van der Waals surface area contributed by atoms with Gasteiger partial charge in [0.05, 0.1) is 6.54 Å². The number of nitrogens with zero attached hydrogens (tertiary/aromatic N) is 1. The highest BCUT2D eigenvalue weighted by Gasteiger charge is 2.27. The molecule has 0 amide bonds. The number of ketones is 1. The molecular formula is C12H16F2N2O2S2. The maximum Gasteiger partial charge on any atom is 0.255 e. The van der Waals surface area contributed by atoms with Crippen molar-refractivity contribution in [1.82, 2.24) is 4.98 Å². The maximum atomic E-state index is 12.5. The van der Waals surface area contributed by atoms with E-state index in [0.717, 1.165) is 0 Å². The molecule has 2 rings (SSSR count). The van der Waals surface area contributed by atoms with E-state index in [9.17, 15) is 13.6 Å². The van der Waals surface area contributed by atoms with E-state index >= 15 is 0 Å². The van der Waals surface area contributed by atoms with Gasteiger partial charge in [0.1, 0.15) is 10.7 Å². The number of halogens is 2. The van der Waals surface area contributed by atoms with Crippen LogP contribution in [0, 0.1) is 5.92 Å². The zero-order valence-electron chi connectivity index (χ0n) is 11.0. The lowest BCUT2D eigenvalue weighted by atomic mass is 9.94. The molecule has 112 valence electrons. The van der Waals surface area contributed by atoms with Crippen LogP contribution in [-0.2, 0) is 4.74 Å². The highest BCUT2D eigenvalue weighted by atomic mass is 32.2. The van der Waals surface area contributed by atoms with Crippen molar-refractivity contribution in [3.05, 3.63) is 4.88 Å². The third kappa shape index (κ3) is 3.89. The van der Waals surface area contributed by atoms with E-state index in [1.54, 1.807) is 0 Å². The molecule has 0 saturated carbocycles. The topological polar surface area (TPSA) is 51.2 Å². The fraction of sp³-hybridized carbons (Fsp3) is 0.667. The molecule has 1 aromatic rings. The van der Waals surface area contributed by atoms with E-state index in [1.165, 1.54) is 23.1 Å². The molecule has 0 aliphatic carbocycles. The number of hydrogen-bond donors (Lipinski definition) is 1. The number of nitrogens with one attached hydrogen (secondary N) is 1. The van der Waals surface area contributed by atoms with Gasteiger partial charge in [0.2, 0.25) is 0 Å². The smallest absolute Gasteiger partial charge is 0.255 e. The lowest BCUT2D eigenvalue weighted by molar-refractivity contribution is 0.0548. The predicted octanol–water partition coefficient (Wildman–Crippen LogP) is 3.15. The number of thioether (sulfide) groups is 1. The quantitative estimate of drug-likeness (QED) is 0.644. The minimum atomic E-state index is -2.47. The van der Waals surface area contributed by atoms with Crippen molar-refractivity contribution >= 4 is 34.7 Å². The Labute approximate surface area is 124 Å². The molecule has 1 aromatic heterocycles. The van der Waals surface area contributed by atoms with Gasteiger partial charge in [-0.2, -0.15) is 0 Å². The summed E-state index contributed by atoms with van der Waals surface area (Å²) in [4.78, 5) is 17.1. The average Bonchev–Trinajstić information content (AvgIpc) is 2.88. The summed E-state index contributed by atoms with van der Waals surface area (Å²) in [5.74, 6) is 0.185. The first-order chi connectivity index (χ1) is 9.61. The van der Waals surface area contributed by atoms with Crippen LogP contribution in [-0.4, -0.2) is 43.2 Å². The van der Waals surface area contributed by atoms with Crippen LogP contribution in [0.4, 0.5) is 14.6 Å². The van der Waals surface area contributed by atoms with Gasteiger partial charge in [0, 0.05) is 19.1 Å². The first-order valence-corrected chi connectivity index (χ1v) is 8.34. The van der Waals surface area contributed by atoms with E-state index in [2.05, 4.69) is 10.3 Å². The van der Waals surface area contributed by atoms with Crippen LogP contribution >= 0.6 is 23.1 Å². The average molecular weight is 322 g/mol. The van der Waals surface area contributed by atoms with E-state index in [-0.39, 0.29) is 17.5 Å². The van der Waals surface area contributed by atoms with Crippen molar-refractivity contribution in [3.8, 4) is 0 Å². The minimum Gasteiger partial charge on any atom is -0.381 e. The zero-order valence-corrected chi connectivity index (χ0v) is 12.7. The van der Waals surface area contributed by atoms with Crippen molar-refractivity contribution in [2.45, 2.75) is 23.6 Å². The SMILES string of the molecule is CSc1nc(NCC(F)F)c(C(=O)C2CCOCC2)s1. The molecule has 20 heavy (non-hydrogen) atoms. The number of hydrogen-bond acceptors (Lipinski definition) is 6. The van der Waals surface area contributed by atoms with Gasteiger partial charge in [-0.25, -0.2) is 13.8 Å². The number of rotatable bonds is 6. The molecule has 2 heterocycles. The van der Waals surface area contributed by atoms with E-state index in [4.69, 9.17) is 4.74 Å². The van der Waals surface area contributed by atoms with E-state index in [1.807, 2.05) is 6.26 Å². The Hall–Kier alpha value is -0.730. The van der Waals surface area contributed by atoms with Gasteiger partial charge in [0.15, 0.2) is 10.1 Å². The molecule has 8 heteroatoms. The fourth-order valence-corrected chi connectivity index (χ4v) is 3.55. The zero-order chi connectivity index (χ0) is 14.5. The fourth-order valence-electron chi connectivity index (χ4n) is 1.99. The molecule has 1 fully saturated rings. The number of alkyl halides is 2. The second kappa shape index (κ2) is 7.33. The molecule has 0 aromatic carbocycles. The number of ether oxygens (including phenoxy) is 1. The lowest BCUT2D eigenvalue weighted by Crippen LogP contribution is -2.24. The predicted molar refractivity (Wildman–Crippen MR) is 76.3 cm³/mol. The van der Waals surface area contributed by atoms with Gasteiger partial charge < -0.3 is 10.1 Å². The number of anilines is 1. The standard InChI is InChI=1S/C12H16F2N2O2S2/c1-19-12-16-11(15-6-8(13)14)10(20-12)9(17)7-2-4-18-5-3-7/h7-8,15H,2-6H2,1H3. The second-order valence-corrected chi connectivity index (χ2v) is 6.44. The van der Waals surface area contributed by atoms with Crippen LogP contribution in [0.3, 0.4) is 0 Å². The van der Waals surface area contributed by atoms with Crippen LogP contribution in [0.25, 0.3) is 0 Å². The highest BCUT2D eigenvalue weighted by molar-refractivity contribution is 8.00. The summed E-state index contributed by atoms with van der Waals surface area (Å²) >= 11 is 2.67. The number of aromatic nitrogens is 1. The molecule has 0 bridgehead atoms. The van der Waals surface area contributed by atoms with Crippen LogP contribution in [0.5, 0.6) is 0 Å². The first-order valence-electron chi connectivity index (χ1n) is 6.30. The van der Waals surface area contributed by atoms with Gasteiger partial charge in [-0.15, -0.1) is 11.3 Å². The molecule has 4 nitrogen and oxygen atoms in total. The first kappa shape index (κ1) is 15.7. The molecule has 0 unspecified atom stereocenters. The van der Waals surface area contributed by atoms with Crippen LogP contribution in [0.2, 0.25) is 0 Å². The lowest BCUT2D eigenvalue weighted by Gasteiger charge is -2.20. The summed E-state index contributed by atoms with van der Waals surface area (Å²) in [6, 6.07) is 0. The normalized spacial score (nSPS) is 16.6. The van der Waals surface area contributed by atoms with Crippen molar-refractivity contribution in [2.75, 3.05) is 31.3 Å². The van der Waals surface area contributed by atoms with Crippen molar-refractivity contribution in [1.29, 1.82) is 0 Å². The third-order valence-corrected chi connectivity index (χ3v) is 5.08. The minimum absolute atomic E-state index is 0.0112. The van der Waals surface area contributed by atoms with Gasteiger partial charge in [0.25, 0.3) is 6.43 Å².